The van der Waals surface area contributed by atoms with Crippen LogP contribution in [-0.2, 0) is 10.0 Å². The number of sulfonamides is 1. The number of hydrogen-bond donors (Lipinski definition) is 0. The molecule has 0 radical (unpaired) electrons. The maximum atomic E-state index is 12.9. The number of nitrogens with zero attached hydrogens (tertiary/aromatic N) is 4. The van der Waals surface area contributed by atoms with Gasteiger partial charge < -0.3 is 13.9 Å². The summed E-state index contributed by atoms with van der Waals surface area (Å²) in [4.78, 5) is 14.7. The van der Waals surface area contributed by atoms with Crippen molar-refractivity contribution >= 4 is 15.9 Å². The fourth-order valence-corrected chi connectivity index (χ4v) is 5.02. The number of piperazine rings is 1. The fourth-order valence-electron chi connectivity index (χ4n) is 3.30. The van der Waals surface area contributed by atoms with Crippen LogP contribution >= 0.6 is 0 Å². The maximum absolute atomic E-state index is 12.9. The fraction of sp³-hybridized carbons (Fsp3) is 0.588. The first-order valence-corrected chi connectivity index (χ1v) is 10.3. The molecule has 10 heteroatoms. The zero-order valence-electron chi connectivity index (χ0n) is 16.1. The van der Waals surface area contributed by atoms with E-state index in [2.05, 4.69) is 10.3 Å². The van der Waals surface area contributed by atoms with Crippen LogP contribution < -0.4 is 0 Å². The lowest BCUT2D eigenvalue weighted by atomic mass is 10.0. The van der Waals surface area contributed by atoms with E-state index in [4.69, 9.17) is 9.05 Å². The minimum Gasteiger partial charge on any atom is -0.360 e. The SMILES string of the molecule is Cc1noc(C(C)C)c1C(=O)N1CCN(S(=O)(=O)c2c(C)noc2C)CC1. The highest BCUT2D eigenvalue weighted by molar-refractivity contribution is 7.89. The first kappa shape index (κ1) is 19.6. The molecule has 0 unspecified atom stereocenters. The van der Waals surface area contributed by atoms with Gasteiger partial charge in [0, 0.05) is 32.1 Å². The molecule has 9 nitrogen and oxygen atoms in total. The lowest BCUT2D eigenvalue weighted by Crippen LogP contribution is -2.50. The van der Waals surface area contributed by atoms with Crippen molar-refractivity contribution in [2.45, 2.75) is 45.4 Å². The predicted molar refractivity (Wildman–Crippen MR) is 96.0 cm³/mol. The van der Waals surface area contributed by atoms with E-state index in [1.807, 2.05) is 13.8 Å². The first-order chi connectivity index (χ1) is 12.6. The van der Waals surface area contributed by atoms with Crippen LogP contribution in [-0.4, -0.2) is 60.0 Å². The van der Waals surface area contributed by atoms with Gasteiger partial charge in [0.25, 0.3) is 5.91 Å². The van der Waals surface area contributed by atoms with Gasteiger partial charge in [-0.15, -0.1) is 0 Å². The molecule has 27 heavy (non-hydrogen) atoms. The van der Waals surface area contributed by atoms with Gasteiger partial charge in [-0.1, -0.05) is 24.2 Å². The van der Waals surface area contributed by atoms with Gasteiger partial charge in [-0.25, -0.2) is 8.42 Å². The quantitative estimate of drug-likeness (QED) is 0.776. The summed E-state index contributed by atoms with van der Waals surface area (Å²) in [7, 11) is -3.70. The standard InChI is InChI=1S/C17H24N4O5S/c1-10(2)15-14(11(3)18-26-15)17(22)20-6-8-21(9-7-20)27(23,24)16-12(4)19-25-13(16)5/h10H,6-9H2,1-5H3. The normalized spacial score (nSPS) is 16.3. The van der Waals surface area contributed by atoms with E-state index < -0.39 is 10.0 Å². The topological polar surface area (TPSA) is 110 Å². The van der Waals surface area contributed by atoms with Crippen molar-refractivity contribution < 1.29 is 22.3 Å². The third-order valence-electron chi connectivity index (χ3n) is 4.72. The zero-order valence-corrected chi connectivity index (χ0v) is 17.0. The number of rotatable bonds is 4. The van der Waals surface area contributed by atoms with Gasteiger partial charge in [-0.05, 0) is 20.8 Å². The molecule has 1 fully saturated rings. The summed E-state index contributed by atoms with van der Waals surface area (Å²) in [6, 6.07) is 0. The molecule has 3 rings (SSSR count). The minimum atomic E-state index is -3.70. The molecule has 1 aliphatic rings. The van der Waals surface area contributed by atoms with E-state index in [0.717, 1.165) is 0 Å². The number of aromatic nitrogens is 2. The second kappa shape index (κ2) is 7.08. The number of aryl methyl sites for hydroxylation is 3. The molecular formula is C17H24N4O5S. The monoisotopic (exact) mass is 396 g/mol. The summed E-state index contributed by atoms with van der Waals surface area (Å²) in [6.45, 7) is 9.79. The summed E-state index contributed by atoms with van der Waals surface area (Å²) in [5.74, 6) is 0.689. The Morgan fingerprint density at radius 1 is 1.00 bits per heavy atom. The van der Waals surface area contributed by atoms with Crippen LogP contribution in [0.2, 0.25) is 0 Å². The summed E-state index contributed by atoms with van der Waals surface area (Å²) in [5.41, 5.74) is 1.37. The van der Waals surface area contributed by atoms with E-state index >= 15 is 0 Å². The van der Waals surface area contributed by atoms with Crippen LogP contribution in [0.4, 0.5) is 0 Å². The molecule has 3 heterocycles. The minimum absolute atomic E-state index is 0.0337. The Morgan fingerprint density at radius 3 is 2.11 bits per heavy atom. The van der Waals surface area contributed by atoms with Gasteiger partial charge in [-0.2, -0.15) is 4.31 Å². The number of amides is 1. The number of carbonyl (C=O) groups is 1. The molecule has 1 saturated heterocycles. The van der Waals surface area contributed by atoms with Crippen LogP contribution in [0.25, 0.3) is 0 Å². The zero-order chi connectivity index (χ0) is 19.9. The second-order valence-corrected chi connectivity index (χ2v) is 8.89. The molecule has 0 bridgehead atoms. The third kappa shape index (κ3) is 3.39. The van der Waals surface area contributed by atoms with Crippen molar-refractivity contribution in [3.8, 4) is 0 Å². The van der Waals surface area contributed by atoms with Gasteiger partial charge in [0.15, 0.2) is 11.5 Å². The second-order valence-electron chi connectivity index (χ2n) is 7.01. The molecule has 0 atom stereocenters. The van der Waals surface area contributed by atoms with Crippen molar-refractivity contribution in [1.29, 1.82) is 0 Å². The largest absolute Gasteiger partial charge is 0.360 e. The molecule has 148 valence electrons. The lowest BCUT2D eigenvalue weighted by molar-refractivity contribution is 0.0694. The average molecular weight is 396 g/mol. The molecule has 0 saturated carbocycles. The Hall–Kier alpha value is -2.20. The Bertz CT molecular complexity index is 933. The van der Waals surface area contributed by atoms with Gasteiger partial charge in [0.2, 0.25) is 10.0 Å². The molecule has 1 amide bonds. The van der Waals surface area contributed by atoms with Gasteiger partial charge >= 0.3 is 0 Å². The Morgan fingerprint density at radius 2 is 1.59 bits per heavy atom. The molecule has 0 aliphatic carbocycles. The maximum Gasteiger partial charge on any atom is 0.259 e. The van der Waals surface area contributed by atoms with Crippen molar-refractivity contribution in [1.82, 2.24) is 19.5 Å². The van der Waals surface area contributed by atoms with Gasteiger partial charge in [0.05, 0.1) is 5.69 Å². The lowest BCUT2D eigenvalue weighted by Gasteiger charge is -2.34. The highest BCUT2D eigenvalue weighted by atomic mass is 32.2. The summed E-state index contributed by atoms with van der Waals surface area (Å²) in [5, 5.41) is 7.64. The molecule has 0 spiro atoms. The Kier molecular flexibility index (Phi) is 5.13. The van der Waals surface area contributed by atoms with Gasteiger partial charge in [0.1, 0.15) is 16.2 Å². The van der Waals surface area contributed by atoms with E-state index in [1.165, 1.54) is 4.31 Å². The number of carbonyl (C=O) groups excluding carboxylic acids is 1. The van der Waals surface area contributed by atoms with Gasteiger partial charge in [-0.3, -0.25) is 4.79 Å². The van der Waals surface area contributed by atoms with Crippen LogP contribution in [0.3, 0.4) is 0 Å². The molecular weight excluding hydrogens is 372 g/mol. The Balaban J connectivity index is 1.76. The molecule has 2 aromatic rings. The molecule has 0 N–H and O–H groups in total. The predicted octanol–water partition coefficient (Wildman–Crippen LogP) is 1.86. The Labute approximate surface area is 158 Å². The average Bonchev–Trinajstić information content (AvgIpc) is 3.17. The van der Waals surface area contributed by atoms with E-state index in [9.17, 15) is 13.2 Å². The van der Waals surface area contributed by atoms with Crippen LogP contribution in [0.5, 0.6) is 0 Å². The highest BCUT2D eigenvalue weighted by Gasteiger charge is 2.35. The van der Waals surface area contributed by atoms with Crippen molar-refractivity contribution in [2.24, 2.45) is 0 Å². The first-order valence-electron chi connectivity index (χ1n) is 8.83. The van der Waals surface area contributed by atoms with Crippen LogP contribution in [0, 0.1) is 20.8 Å². The summed E-state index contributed by atoms with van der Waals surface area (Å²) < 4.78 is 37.4. The van der Waals surface area contributed by atoms with Crippen LogP contribution in [0.15, 0.2) is 13.9 Å². The highest BCUT2D eigenvalue weighted by Crippen LogP contribution is 2.26. The summed E-state index contributed by atoms with van der Waals surface area (Å²) in [6.07, 6.45) is 0. The molecule has 2 aromatic heterocycles. The van der Waals surface area contributed by atoms with Crippen LogP contribution in [0.1, 0.15) is 53.0 Å². The van der Waals surface area contributed by atoms with Crippen molar-refractivity contribution in [3.63, 3.8) is 0 Å². The molecule has 1 aliphatic heterocycles. The number of hydrogen-bond acceptors (Lipinski definition) is 7. The van der Waals surface area contributed by atoms with Crippen molar-refractivity contribution in [2.75, 3.05) is 26.2 Å². The van der Waals surface area contributed by atoms with E-state index in [-0.39, 0.29) is 35.6 Å². The third-order valence-corrected chi connectivity index (χ3v) is 6.86. The van der Waals surface area contributed by atoms with E-state index in [0.29, 0.717) is 35.8 Å². The summed E-state index contributed by atoms with van der Waals surface area (Å²) >= 11 is 0. The molecule has 0 aromatic carbocycles. The van der Waals surface area contributed by atoms with Crippen molar-refractivity contribution in [3.05, 3.63) is 28.5 Å². The van der Waals surface area contributed by atoms with E-state index in [1.54, 1.807) is 25.7 Å². The smallest absolute Gasteiger partial charge is 0.259 e.